The molecule has 4 unspecified atom stereocenters. The summed E-state index contributed by atoms with van der Waals surface area (Å²) in [5.74, 6) is 0.0952. The standard InChI is InChI=1S/C13H20O4/c1-13(11(14)15,12(16)17-2)7-10-6-8-3-4-9(10)5-8/h8-10H,3-7H2,1-2H3,(H,14,15). The fraction of sp³-hybridized carbons (Fsp3) is 0.846. The molecule has 0 aliphatic heterocycles. The number of methoxy groups -OCH3 is 1. The highest BCUT2D eigenvalue weighted by atomic mass is 16.5. The molecule has 0 aromatic heterocycles. The molecule has 0 heterocycles. The zero-order chi connectivity index (χ0) is 12.6. The molecular weight excluding hydrogens is 220 g/mol. The monoisotopic (exact) mass is 240 g/mol. The lowest BCUT2D eigenvalue weighted by molar-refractivity contribution is -0.167. The van der Waals surface area contributed by atoms with Gasteiger partial charge < -0.3 is 9.84 Å². The van der Waals surface area contributed by atoms with Crippen LogP contribution in [0, 0.1) is 23.2 Å². The van der Waals surface area contributed by atoms with Gasteiger partial charge in [-0.15, -0.1) is 0 Å². The smallest absolute Gasteiger partial charge is 0.322 e. The van der Waals surface area contributed by atoms with E-state index in [-0.39, 0.29) is 0 Å². The summed E-state index contributed by atoms with van der Waals surface area (Å²) in [4.78, 5) is 23.0. The van der Waals surface area contributed by atoms with Crippen LogP contribution in [0.5, 0.6) is 0 Å². The van der Waals surface area contributed by atoms with Gasteiger partial charge in [0.15, 0.2) is 5.41 Å². The van der Waals surface area contributed by atoms with E-state index in [0.717, 1.165) is 12.3 Å². The van der Waals surface area contributed by atoms with Gasteiger partial charge in [-0.2, -0.15) is 0 Å². The van der Waals surface area contributed by atoms with Gasteiger partial charge in [-0.25, -0.2) is 0 Å². The number of carbonyl (C=O) groups excluding carboxylic acids is 1. The summed E-state index contributed by atoms with van der Waals surface area (Å²) < 4.78 is 4.65. The first-order chi connectivity index (χ1) is 7.97. The Kier molecular flexibility index (Phi) is 3.15. The van der Waals surface area contributed by atoms with Gasteiger partial charge >= 0.3 is 11.9 Å². The summed E-state index contributed by atoms with van der Waals surface area (Å²) in [6, 6.07) is 0. The Hall–Kier alpha value is -1.06. The van der Waals surface area contributed by atoms with Crippen LogP contribution in [0.2, 0.25) is 0 Å². The van der Waals surface area contributed by atoms with E-state index in [1.807, 2.05) is 0 Å². The molecule has 0 aromatic rings. The predicted octanol–water partition coefficient (Wildman–Crippen LogP) is 2.08. The normalized spacial score (nSPS) is 34.4. The molecule has 2 saturated carbocycles. The van der Waals surface area contributed by atoms with E-state index in [9.17, 15) is 14.7 Å². The molecule has 0 aromatic carbocycles. The molecule has 4 nitrogen and oxygen atoms in total. The number of carbonyl (C=O) groups is 2. The SMILES string of the molecule is COC(=O)C(C)(CC1CC2CCC1C2)C(=O)O. The summed E-state index contributed by atoms with van der Waals surface area (Å²) in [6.07, 6.45) is 5.22. The van der Waals surface area contributed by atoms with E-state index in [1.165, 1.54) is 33.3 Å². The van der Waals surface area contributed by atoms with Crippen LogP contribution in [0.1, 0.15) is 39.0 Å². The van der Waals surface area contributed by atoms with Crippen LogP contribution in [0.3, 0.4) is 0 Å². The van der Waals surface area contributed by atoms with Crippen molar-refractivity contribution >= 4 is 11.9 Å². The van der Waals surface area contributed by atoms with Crippen molar-refractivity contribution in [1.82, 2.24) is 0 Å². The number of fused-ring (bicyclic) bond motifs is 2. The summed E-state index contributed by atoms with van der Waals surface area (Å²) in [6.45, 7) is 1.49. The van der Waals surface area contributed by atoms with Gasteiger partial charge in [0, 0.05) is 0 Å². The average Bonchev–Trinajstić information content (AvgIpc) is 2.89. The maximum absolute atomic E-state index is 11.7. The lowest BCUT2D eigenvalue weighted by atomic mass is 9.75. The van der Waals surface area contributed by atoms with E-state index in [1.54, 1.807) is 0 Å². The molecule has 17 heavy (non-hydrogen) atoms. The summed E-state index contributed by atoms with van der Waals surface area (Å²) in [5.41, 5.74) is -1.37. The molecule has 96 valence electrons. The van der Waals surface area contributed by atoms with Gasteiger partial charge in [0.2, 0.25) is 0 Å². The maximum Gasteiger partial charge on any atom is 0.322 e. The molecule has 2 fully saturated rings. The minimum Gasteiger partial charge on any atom is -0.480 e. The Morgan fingerprint density at radius 1 is 1.35 bits per heavy atom. The zero-order valence-electron chi connectivity index (χ0n) is 10.4. The third-order valence-electron chi connectivity index (χ3n) is 4.66. The first-order valence-electron chi connectivity index (χ1n) is 6.29. The highest BCUT2D eigenvalue weighted by Crippen LogP contribution is 2.52. The number of carboxylic acid groups (broad SMARTS) is 1. The first kappa shape index (κ1) is 12.4. The minimum atomic E-state index is -1.37. The van der Waals surface area contributed by atoms with Crippen molar-refractivity contribution in [3.05, 3.63) is 0 Å². The Bertz CT molecular complexity index is 338. The van der Waals surface area contributed by atoms with Crippen molar-refractivity contribution in [1.29, 1.82) is 0 Å². The van der Waals surface area contributed by atoms with Crippen molar-refractivity contribution < 1.29 is 19.4 Å². The van der Waals surface area contributed by atoms with Crippen LogP contribution in [0.15, 0.2) is 0 Å². The van der Waals surface area contributed by atoms with Crippen molar-refractivity contribution in [2.45, 2.75) is 39.0 Å². The summed E-state index contributed by atoms with van der Waals surface area (Å²) in [5, 5.41) is 9.26. The molecule has 0 amide bonds. The Balaban J connectivity index is 2.08. The van der Waals surface area contributed by atoms with Crippen LogP contribution < -0.4 is 0 Å². The van der Waals surface area contributed by atoms with E-state index < -0.39 is 17.4 Å². The number of hydrogen-bond donors (Lipinski definition) is 1. The first-order valence-corrected chi connectivity index (χ1v) is 6.29. The fourth-order valence-corrected chi connectivity index (χ4v) is 3.63. The van der Waals surface area contributed by atoms with E-state index in [2.05, 4.69) is 4.74 Å². The number of esters is 1. The highest BCUT2D eigenvalue weighted by Gasteiger charge is 2.49. The quantitative estimate of drug-likeness (QED) is 0.603. The number of hydrogen-bond acceptors (Lipinski definition) is 3. The predicted molar refractivity (Wildman–Crippen MR) is 61.3 cm³/mol. The molecule has 2 aliphatic carbocycles. The third kappa shape index (κ3) is 2.05. The van der Waals surface area contributed by atoms with Gasteiger partial charge in [-0.1, -0.05) is 6.42 Å². The Morgan fingerprint density at radius 3 is 2.47 bits per heavy atom. The fourth-order valence-electron chi connectivity index (χ4n) is 3.63. The maximum atomic E-state index is 11.7. The van der Waals surface area contributed by atoms with E-state index in [0.29, 0.717) is 18.3 Å². The zero-order valence-corrected chi connectivity index (χ0v) is 10.4. The molecule has 1 N–H and O–H groups in total. The van der Waals surface area contributed by atoms with Gasteiger partial charge in [0.1, 0.15) is 0 Å². The van der Waals surface area contributed by atoms with Crippen LogP contribution >= 0.6 is 0 Å². The molecule has 4 heteroatoms. The molecule has 0 radical (unpaired) electrons. The van der Waals surface area contributed by atoms with Gasteiger partial charge in [-0.05, 0) is 50.4 Å². The van der Waals surface area contributed by atoms with Crippen molar-refractivity contribution in [3.8, 4) is 0 Å². The van der Waals surface area contributed by atoms with Crippen molar-refractivity contribution in [2.75, 3.05) is 7.11 Å². The van der Waals surface area contributed by atoms with Gasteiger partial charge in [0.05, 0.1) is 7.11 Å². The van der Waals surface area contributed by atoms with Gasteiger partial charge in [-0.3, -0.25) is 9.59 Å². The number of carboxylic acids is 1. The van der Waals surface area contributed by atoms with Crippen LogP contribution in [0.4, 0.5) is 0 Å². The lowest BCUT2D eigenvalue weighted by Crippen LogP contribution is -2.40. The molecule has 4 atom stereocenters. The molecule has 2 rings (SSSR count). The van der Waals surface area contributed by atoms with Crippen molar-refractivity contribution in [2.24, 2.45) is 23.2 Å². The van der Waals surface area contributed by atoms with E-state index >= 15 is 0 Å². The lowest BCUT2D eigenvalue weighted by Gasteiger charge is -2.29. The number of rotatable bonds is 4. The van der Waals surface area contributed by atoms with E-state index in [4.69, 9.17) is 0 Å². The molecule has 2 aliphatic rings. The molecular formula is C13H20O4. The Labute approximate surface area is 101 Å². The van der Waals surface area contributed by atoms with Gasteiger partial charge in [0.25, 0.3) is 0 Å². The average molecular weight is 240 g/mol. The molecule has 0 saturated heterocycles. The second kappa shape index (κ2) is 4.31. The second-order valence-electron chi connectivity index (χ2n) is 5.77. The van der Waals surface area contributed by atoms with Crippen LogP contribution in [-0.2, 0) is 14.3 Å². The largest absolute Gasteiger partial charge is 0.480 e. The van der Waals surface area contributed by atoms with Crippen LogP contribution in [-0.4, -0.2) is 24.2 Å². The number of ether oxygens (including phenoxy) is 1. The topological polar surface area (TPSA) is 63.6 Å². The molecule has 0 spiro atoms. The minimum absolute atomic E-state index is 0.383. The highest BCUT2D eigenvalue weighted by molar-refractivity contribution is 5.98. The summed E-state index contributed by atoms with van der Waals surface area (Å²) in [7, 11) is 1.25. The second-order valence-corrected chi connectivity index (χ2v) is 5.77. The molecule has 2 bridgehead atoms. The number of aliphatic carboxylic acids is 1. The van der Waals surface area contributed by atoms with Crippen molar-refractivity contribution in [3.63, 3.8) is 0 Å². The van der Waals surface area contributed by atoms with Crippen LogP contribution in [0.25, 0.3) is 0 Å². The third-order valence-corrected chi connectivity index (χ3v) is 4.66. The summed E-state index contributed by atoms with van der Waals surface area (Å²) >= 11 is 0. The Morgan fingerprint density at radius 2 is 2.06 bits per heavy atom.